The maximum Gasteiger partial charge on any atom is 0.242 e. The Bertz CT molecular complexity index is 819. The van der Waals surface area contributed by atoms with Crippen molar-refractivity contribution in [3.63, 3.8) is 0 Å². The lowest BCUT2D eigenvalue weighted by molar-refractivity contribution is -0.140. The van der Waals surface area contributed by atoms with Gasteiger partial charge in [0.15, 0.2) is 0 Å². The van der Waals surface area contributed by atoms with Crippen molar-refractivity contribution >= 4 is 23.4 Å². The van der Waals surface area contributed by atoms with Crippen LogP contribution in [0.1, 0.15) is 50.2 Å². The molecule has 2 aromatic carbocycles. The SMILES string of the molecule is CC(C(=O)NC1CCCC1)N(Cc1cccc(Cl)c1)C(=O)CCc1ccccc1. The normalized spacial score (nSPS) is 15.1. The molecule has 3 rings (SSSR count). The van der Waals surface area contributed by atoms with Gasteiger partial charge in [-0.05, 0) is 49.4 Å². The topological polar surface area (TPSA) is 49.4 Å². The average molecular weight is 413 g/mol. The molecule has 1 unspecified atom stereocenters. The molecule has 29 heavy (non-hydrogen) atoms. The number of halogens is 1. The lowest BCUT2D eigenvalue weighted by Gasteiger charge is -2.30. The first-order chi connectivity index (χ1) is 14.0. The molecule has 2 aromatic rings. The van der Waals surface area contributed by atoms with E-state index in [1.54, 1.807) is 4.90 Å². The highest BCUT2D eigenvalue weighted by Crippen LogP contribution is 2.19. The van der Waals surface area contributed by atoms with Crippen molar-refractivity contribution in [2.75, 3.05) is 0 Å². The van der Waals surface area contributed by atoms with E-state index in [0.717, 1.165) is 36.8 Å². The minimum atomic E-state index is -0.530. The minimum Gasteiger partial charge on any atom is -0.352 e. The van der Waals surface area contributed by atoms with E-state index in [4.69, 9.17) is 11.6 Å². The zero-order valence-electron chi connectivity index (χ0n) is 16.9. The van der Waals surface area contributed by atoms with E-state index in [-0.39, 0.29) is 17.9 Å². The molecule has 0 saturated heterocycles. The number of benzene rings is 2. The molecule has 154 valence electrons. The molecule has 1 N–H and O–H groups in total. The third-order valence-electron chi connectivity index (χ3n) is 5.58. The number of amides is 2. The Morgan fingerprint density at radius 1 is 1.07 bits per heavy atom. The molecule has 1 atom stereocenters. The first kappa shape index (κ1) is 21.4. The van der Waals surface area contributed by atoms with Crippen LogP contribution < -0.4 is 5.32 Å². The van der Waals surface area contributed by atoms with Crippen LogP contribution >= 0.6 is 11.6 Å². The van der Waals surface area contributed by atoms with Crippen LogP contribution in [0.5, 0.6) is 0 Å². The zero-order valence-corrected chi connectivity index (χ0v) is 17.7. The Morgan fingerprint density at radius 2 is 1.76 bits per heavy atom. The number of rotatable bonds is 8. The van der Waals surface area contributed by atoms with Gasteiger partial charge in [-0.25, -0.2) is 0 Å². The van der Waals surface area contributed by atoms with Crippen LogP contribution in [0.2, 0.25) is 5.02 Å². The molecule has 0 aliphatic heterocycles. The van der Waals surface area contributed by atoms with Gasteiger partial charge >= 0.3 is 0 Å². The van der Waals surface area contributed by atoms with Crippen LogP contribution in [0.4, 0.5) is 0 Å². The van der Waals surface area contributed by atoms with Crippen molar-refractivity contribution in [1.82, 2.24) is 10.2 Å². The van der Waals surface area contributed by atoms with Crippen molar-refractivity contribution in [2.24, 2.45) is 0 Å². The first-order valence-electron chi connectivity index (χ1n) is 10.4. The molecule has 0 aromatic heterocycles. The lowest BCUT2D eigenvalue weighted by atomic mass is 10.1. The molecule has 0 radical (unpaired) electrons. The maximum absolute atomic E-state index is 13.1. The predicted octanol–water partition coefficient (Wildman–Crippen LogP) is 4.75. The summed E-state index contributed by atoms with van der Waals surface area (Å²) >= 11 is 6.12. The molecule has 1 fully saturated rings. The van der Waals surface area contributed by atoms with E-state index in [9.17, 15) is 9.59 Å². The highest BCUT2D eigenvalue weighted by Gasteiger charge is 2.28. The van der Waals surface area contributed by atoms with Crippen molar-refractivity contribution in [3.8, 4) is 0 Å². The van der Waals surface area contributed by atoms with Gasteiger partial charge < -0.3 is 10.2 Å². The average Bonchev–Trinajstić information content (AvgIpc) is 3.23. The van der Waals surface area contributed by atoms with E-state index in [0.29, 0.717) is 24.4 Å². The van der Waals surface area contributed by atoms with E-state index >= 15 is 0 Å². The fraction of sp³-hybridized carbons (Fsp3) is 0.417. The summed E-state index contributed by atoms with van der Waals surface area (Å²) in [6.45, 7) is 2.18. The second-order valence-electron chi connectivity index (χ2n) is 7.80. The van der Waals surface area contributed by atoms with Gasteiger partial charge in [-0.3, -0.25) is 9.59 Å². The summed E-state index contributed by atoms with van der Waals surface area (Å²) in [6, 6.07) is 17.1. The highest BCUT2D eigenvalue weighted by molar-refractivity contribution is 6.30. The molecule has 0 spiro atoms. The van der Waals surface area contributed by atoms with Crippen LogP contribution in [-0.4, -0.2) is 28.8 Å². The van der Waals surface area contributed by atoms with E-state index < -0.39 is 6.04 Å². The van der Waals surface area contributed by atoms with Gasteiger partial charge in [-0.1, -0.05) is 66.9 Å². The largest absolute Gasteiger partial charge is 0.352 e. The van der Waals surface area contributed by atoms with Crippen LogP contribution in [0.25, 0.3) is 0 Å². The fourth-order valence-corrected chi connectivity index (χ4v) is 4.06. The Kier molecular flexibility index (Phi) is 7.70. The molecule has 0 heterocycles. The van der Waals surface area contributed by atoms with E-state index in [2.05, 4.69) is 5.32 Å². The van der Waals surface area contributed by atoms with Gasteiger partial charge in [0.1, 0.15) is 6.04 Å². The fourth-order valence-electron chi connectivity index (χ4n) is 3.85. The molecule has 2 amide bonds. The lowest BCUT2D eigenvalue weighted by Crippen LogP contribution is -2.49. The van der Waals surface area contributed by atoms with Gasteiger partial charge in [0, 0.05) is 24.0 Å². The number of hydrogen-bond acceptors (Lipinski definition) is 2. The Morgan fingerprint density at radius 3 is 2.45 bits per heavy atom. The molecule has 1 aliphatic carbocycles. The maximum atomic E-state index is 13.1. The van der Waals surface area contributed by atoms with E-state index in [1.165, 1.54) is 0 Å². The van der Waals surface area contributed by atoms with Gasteiger partial charge in [-0.2, -0.15) is 0 Å². The molecular formula is C24H29ClN2O2. The van der Waals surface area contributed by atoms with Crippen LogP contribution in [-0.2, 0) is 22.6 Å². The molecule has 0 bridgehead atoms. The second kappa shape index (κ2) is 10.4. The van der Waals surface area contributed by atoms with Crippen molar-refractivity contribution in [3.05, 3.63) is 70.7 Å². The summed E-state index contributed by atoms with van der Waals surface area (Å²) in [5, 5.41) is 3.75. The molecule has 1 saturated carbocycles. The number of nitrogens with zero attached hydrogens (tertiary/aromatic N) is 1. The summed E-state index contributed by atoms with van der Waals surface area (Å²) in [5.74, 6) is -0.102. The number of carbonyl (C=O) groups excluding carboxylic acids is 2. The summed E-state index contributed by atoms with van der Waals surface area (Å²) in [7, 11) is 0. The third kappa shape index (κ3) is 6.33. The van der Waals surface area contributed by atoms with Crippen LogP contribution in [0, 0.1) is 0 Å². The number of aryl methyl sites for hydroxylation is 1. The highest BCUT2D eigenvalue weighted by atomic mass is 35.5. The number of nitrogens with one attached hydrogen (secondary N) is 1. The van der Waals surface area contributed by atoms with Crippen LogP contribution in [0.15, 0.2) is 54.6 Å². The summed E-state index contributed by atoms with van der Waals surface area (Å²) in [5.41, 5.74) is 2.04. The molecule has 1 aliphatic rings. The Hall–Kier alpha value is -2.33. The van der Waals surface area contributed by atoms with E-state index in [1.807, 2.05) is 61.5 Å². The summed E-state index contributed by atoms with van der Waals surface area (Å²) in [4.78, 5) is 27.6. The Labute approximate surface area is 178 Å². The minimum absolute atomic E-state index is 0.0251. The molecule has 4 nitrogen and oxygen atoms in total. The number of hydrogen-bond donors (Lipinski definition) is 1. The van der Waals surface area contributed by atoms with Crippen molar-refractivity contribution in [2.45, 2.75) is 64.1 Å². The van der Waals surface area contributed by atoms with Crippen LogP contribution in [0.3, 0.4) is 0 Å². The molecule has 5 heteroatoms. The zero-order chi connectivity index (χ0) is 20.6. The summed E-state index contributed by atoms with van der Waals surface area (Å²) in [6.07, 6.45) is 5.38. The predicted molar refractivity (Wildman–Crippen MR) is 117 cm³/mol. The van der Waals surface area contributed by atoms with Crippen molar-refractivity contribution in [1.29, 1.82) is 0 Å². The van der Waals surface area contributed by atoms with Gasteiger partial charge in [0.2, 0.25) is 11.8 Å². The smallest absolute Gasteiger partial charge is 0.242 e. The molecular weight excluding hydrogens is 384 g/mol. The van der Waals surface area contributed by atoms with Gasteiger partial charge in [0.05, 0.1) is 0 Å². The van der Waals surface area contributed by atoms with Gasteiger partial charge in [0.25, 0.3) is 0 Å². The quantitative estimate of drug-likeness (QED) is 0.680. The van der Waals surface area contributed by atoms with Crippen molar-refractivity contribution < 1.29 is 9.59 Å². The van der Waals surface area contributed by atoms with Gasteiger partial charge in [-0.15, -0.1) is 0 Å². The second-order valence-corrected chi connectivity index (χ2v) is 8.24. The standard InChI is InChI=1S/C24H29ClN2O2/c1-18(24(29)26-22-12-5-6-13-22)27(17-20-10-7-11-21(25)16-20)23(28)15-14-19-8-3-2-4-9-19/h2-4,7-11,16,18,22H,5-6,12-15,17H2,1H3,(H,26,29). The Balaban J connectivity index is 1.70. The first-order valence-corrected chi connectivity index (χ1v) is 10.8. The number of carbonyl (C=O) groups is 2. The summed E-state index contributed by atoms with van der Waals surface area (Å²) < 4.78 is 0. The monoisotopic (exact) mass is 412 g/mol. The third-order valence-corrected chi connectivity index (χ3v) is 5.82.